The highest BCUT2D eigenvalue weighted by Crippen LogP contribution is 2.28. The van der Waals surface area contributed by atoms with Crippen molar-refractivity contribution in [2.24, 2.45) is 29.1 Å². The minimum absolute atomic E-state index is 0.00306. The van der Waals surface area contributed by atoms with E-state index in [0.717, 1.165) is 60.8 Å². The van der Waals surface area contributed by atoms with Gasteiger partial charge >= 0.3 is 41.8 Å². The minimum atomic E-state index is -0.977. The van der Waals surface area contributed by atoms with Crippen LogP contribution in [0.15, 0.2) is 121 Å². The summed E-state index contributed by atoms with van der Waals surface area (Å²) < 4.78 is 128. The molecule has 0 aliphatic heterocycles. The quantitative estimate of drug-likeness (QED) is 0.0225. The van der Waals surface area contributed by atoms with Gasteiger partial charge in [-0.2, -0.15) is 0 Å². The van der Waals surface area contributed by atoms with Crippen LogP contribution in [0.5, 0.6) is 23.0 Å². The summed E-state index contributed by atoms with van der Waals surface area (Å²) in [6.07, 6.45) is 15.0. The number of rotatable bonds is 74. The number of carbonyl (C=O) groups is 7. The normalized spacial score (nSPS) is 15.5. The highest BCUT2D eigenvalue weighted by Gasteiger charge is 2.34. The van der Waals surface area contributed by atoms with E-state index >= 15 is 0 Å². The lowest BCUT2D eigenvalue weighted by Crippen LogP contribution is -2.41. The standard InChI is InChI=1S/C103H154O28/c1-19-26-29-86(22-4)100(108)129-77(11)59-117-66-93(122-61-79(13)128-99(107)55-43-84-38-50-92(114-18)51-39-84)68-119-71-103(25-7,72-120-69-94(123-62-80(14)131-102(110)88(24-6)31-28-21-3)65-116-58-76(10)127-98(106)54-42-83-36-48-91(113-17)49-37-83)73-121-70-95(67-118-60-78(12)130-101(109)87(23-5)30-27-20-2)124-64-85(56-74(8)125-96(104)52-40-81-32-44-89(111-15)45-33-81)63-115-57-75(9)126-97(105)53-41-82-34-46-90(112-16)47-35-82/h32-55,74-80,85-88,93-95H,19-31,56-73H2,1-18H3/b52-40+,53-41+,54-42+,55-43+. The van der Waals surface area contributed by atoms with Gasteiger partial charge in [0.2, 0.25) is 0 Å². The molecule has 0 saturated heterocycles. The first-order valence-electron chi connectivity index (χ1n) is 46.8. The second-order valence-corrected chi connectivity index (χ2v) is 33.4. The van der Waals surface area contributed by atoms with Gasteiger partial charge in [-0.3, -0.25) is 14.4 Å². The fraction of sp³-hybridized carbons (Fsp3) is 0.621. The Balaban J connectivity index is 1.77. The Morgan fingerprint density at radius 1 is 0.290 bits per heavy atom. The molecule has 734 valence electrons. The van der Waals surface area contributed by atoms with Crippen LogP contribution in [0.2, 0.25) is 0 Å². The number of hydrogen-bond donors (Lipinski definition) is 0. The number of carbonyl (C=O) groups excluding carboxylic acids is 7. The van der Waals surface area contributed by atoms with Crippen molar-refractivity contribution >= 4 is 66.1 Å². The third kappa shape index (κ3) is 50.6. The molecule has 4 aromatic carbocycles. The maximum Gasteiger partial charge on any atom is 0.331 e. The molecule has 0 saturated carbocycles. The van der Waals surface area contributed by atoms with E-state index in [9.17, 15) is 33.6 Å². The van der Waals surface area contributed by atoms with E-state index in [1.165, 1.54) is 24.3 Å². The van der Waals surface area contributed by atoms with Gasteiger partial charge in [-0.05, 0) is 195 Å². The summed E-state index contributed by atoms with van der Waals surface area (Å²) in [5.41, 5.74) is 2.08. The van der Waals surface area contributed by atoms with Crippen LogP contribution in [0.1, 0.15) is 209 Å². The number of esters is 7. The third-order valence-corrected chi connectivity index (χ3v) is 21.5. The van der Waals surface area contributed by atoms with E-state index in [2.05, 4.69) is 20.8 Å². The van der Waals surface area contributed by atoms with Crippen molar-refractivity contribution < 1.29 is 133 Å². The molecular formula is C103H154O28. The van der Waals surface area contributed by atoms with Crippen molar-refractivity contribution in [2.75, 3.05) is 141 Å². The summed E-state index contributed by atoms with van der Waals surface area (Å²) in [6, 6.07) is 28.8. The largest absolute Gasteiger partial charge is 0.497 e. The molecule has 0 amide bonds. The Morgan fingerprint density at radius 2 is 0.534 bits per heavy atom. The van der Waals surface area contributed by atoms with Crippen molar-refractivity contribution in [2.45, 2.75) is 248 Å². The van der Waals surface area contributed by atoms with E-state index in [-0.39, 0.29) is 154 Å². The van der Waals surface area contributed by atoms with Crippen LogP contribution >= 0.6 is 0 Å². The summed E-state index contributed by atoms with van der Waals surface area (Å²) in [5.74, 6) is -1.75. The lowest BCUT2D eigenvalue weighted by Gasteiger charge is -2.34. The van der Waals surface area contributed by atoms with Crippen LogP contribution < -0.4 is 18.9 Å². The first-order chi connectivity index (χ1) is 63.1. The van der Waals surface area contributed by atoms with Gasteiger partial charge in [0.25, 0.3) is 0 Å². The number of hydrogen-bond acceptors (Lipinski definition) is 28. The first kappa shape index (κ1) is 114. The summed E-state index contributed by atoms with van der Waals surface area (Å²) in [4.78, 5) is 93.4. The zero-order valence-corrected chi connectivity index (χ0v) is 81.3. The molecule has 0 aromatic heterocycles. The van der Waals surface area contributed by atoms with Gasteiger partial charge in [0.1, 0.15) is 77.9 Å². The predicted octanol–water partition coefficient (Wildman–Crippen LogP) is 17.7. The van der Waals surface area contributed by atoms with Crippen molar-refractivity contribution in [1.82, 2.24) is 0 Å². The molecule has 0 fully saturated rings. The summed E-state index contributed by atoms with van der Waals surface area (Å²) in [6.45, 7) is 26.1. The number of methoxy groups -OCH3 is 4. The fourth-order valence-corrected chi connectivity index (χ4v) is 13.5. The molecule has 28 nitrogen and oxygen atoms in total. The molecule has 0 bridgehead atoms. The van der Waals surface area contributed by atoms with Crippen LogP contribution in [0.3, 0.4) is 0 Å². The Labute approximate surface area is 779 Å². The van der Waals surface area contributed by atoms with E-state index in [0.29, 0.717) is 67.9 Å². The number of ether oxygens (including phenoxy) is 21. The highest BCUT2D eigenvalue weighted by atomic mass is 16.6. The Kier molecular flexibility index (Phi) is 59.3. The molecule has 0 N–H and O–H groups in total. The first-order valence-corrected chi connectivity index (χ1v) is 46.8. The van der Waals surface area contributed by atoms with E-state index in [1.54, 1.807) is 150 Å². The number of unbranched alkanes of at least 4 members (excludes halogenated alkanes) is 3. The summed E-state index contributed by atoms with van der Waals surface area (Å²) in [7, 11) is 6.30. The molecule has 15 atom stereocenters. The van der Waals surface area contributed by atoms with Gasteiger partial charge in [0.15, 0.2) is 0 Å². The molecule has 15 unspecified atom stereocenters. The molecule has 0 heterocycles. The monoisotopic (exact) mass is 1840 g/mol. The SMILES string of the molecule is CCCCC(CC)C(=O)OC(C)COCC(COCC(CC)(COCC(COCC(C)OC(=O)C(CC)CCCC)OCC(C)OC(=O)/C=C/c1ccc(OC)cc1)COCC(COCC(C)OC(=O)/C=C/c1ccc(OC)cc1)OCC(C)OC(=O)C(CC)CCCC)OCC(COCC(C)OC(=O)/C=C/c1ccc(OC)cc1)CC(C)OC(=O)/C=C/c1ccc(OC)cc1. The predicted molar refractivity (Wildman–Crippen MR) is 503 cm³/mol. The van der Waals surface area contributed by atoms with E-state index in [4.69, 9.17) is 99.5 Å². The average Bonchev–Trinajstić information content (AvgIpc) is 0.852. The Bertz CT molecular complexity index is 3880. The maximum atomic E-state index is 13.5. The molecule has 0 spiro atoms. The second-order valence-electron chi connectivity index (χ2n) is 33.4. The molecule has 0 aliphatic rings. The van der Waals surface area contributed by atoms with Gasteiger partial charge in [-0.1, -0.05) is 136 Å². The van der Waals surface area contributed by atoms with E-state index in [1.807, 2.05) is 76.2 Å². The van der Waals surface area contributed by atoms with Gasteiger partial charge < -0.3 is 99.5 Å². The van der Waals surface area contributed by atoms with Crippen LogP contribution in [-0.2, 0) is 114 Å². The molecule has 4 aromatic rings. The zero-order chi connectivity index (χ0) is 96.0. The van der Waals surface area contributed by atoms with Crippen molar-refractivity contribution in [3.05, 3.63) is 144 Å². The van der Waals surface area contributed by atoms with Crippen LogP contribution in [-0.4, -0.2) is 244 Å². The third-order valence-electron chi connectivity index (χ3n) is 21.5. The molecule has 4 rings (SSSR count). The summed E-state index contributed by atoms with van der Waals surface area (Å²) >= 11 is 0. The van der Waals surface area contributed by atoms with Gasteiger partial charge in [-0.25, -0.2) is 19.2 Å². The van der Waals surface area contributed by atoms with Crippen molar-refractivity contribution in [1.29, 1.82) is 0 Å². The molecular weight excluding hydrogens is 1690 g/mol. The highest BCUT2D eigenvalue weighted by molar-refractivity contribution is 5.89. The van der Waals surface area contributed by atoms with Crippen molar-refractivity contribution in [3.63, 3.8) is 0 Å². The fourth-order valence-electron chi connectivity index (χ4n) is 13.5. The van der Waals surface area contributed by atoms with Crippen LogP contribution in [0.4, 0.5) is 0 Å². The summed E-state index contributed by atoms with van der Waals surface area (Å²) in [5, 5.41) is 0. The lowest BCUT2D eigenvalue weighted by molar-refractivity contribution is -0.163. The second kappa shape index (κ2) is 68.0. The molecule has 0 radical (unpaired) electrons. The molecule has 28 heteroatoms. The smallest absolute Gasteiger partial charge is 0.331 e. The minimum Gasteiger partial charge on any atom is -0.497 e. The van der Waals surface area contributed by atoms with Gasteiger partial charge in [0.05, 0.1) is 165 Å². The lowest BCUT2D eigenvalue weighted by atomic mass is 9.88. The topological polar surface area (TPSA) is 313 Å². The van der Waals surface area contributed by atoms with Crippen LogP contribution in [0, 0.1) is 29.1 Å². The van der Waals surface area contributed by atoms with Crippen LogP contribution in [0.25, 0.3) is 24.3 Å². The van der Waals surface area contributed by atoms with E-state index < -0.39 is 96.2 Å². The zero-order valence-electron chi connectivity index (χ0n) is 81.3. The Morgan fingerprint density at radius 3 is 0.802 bits per heavy atom. The molecule has 0 aliphatic carbocycles. The van der Waals surface area contributed by atoms with Crippen molar-refractivity contribution in [3.8, 4) is 23.0 Å². The average molecular weight is 1840 g/mol. The van der Waals surface area contributed by atoms with Gasteiger partial charge in [0, 0.05) is 35.6 Å². The Hall–Kier alpha value is -9.07. The van der Waals surface area contributed by atoms with Gasteiger partial charge in [-0.15, -0.1) is 0 Å². The molecule has 131 heavy (non-hydrogen) atoms. The number of benzene rings is 4. The maximum absolute atomic E-state index is 13.5.